The van der Waals surface area contributed by atoms with Gasteiger partial charge in [0.25, 0.3) is 0 Å². The van der Waals surface area contributed by atoms with Gasteiger partial charge in [0.2, 0.25) is 5.91 Å². The van der Waals surface area contributed by atoms with Crippen molar-refractivity contribution in [2.75, 3.05) is 12.8 Å². The molecule has 0 fully saturated rings. The number of rotatable bonds is 6. The molecule has 0 unspecified atom stereocenters. The summed E-state index contributed by atoms with van der Waals surface area (Å²) >= 11 is 1.42. The fourth-order valence-corrected chi connectivity index (χ4v) is 2.86. The number of nitrogens with one attached hydrogen (secondary N) is 1. The van der Waals surface area contributed by atoms with E-state index in [0.717, 1.165) is 29.5 Å². The Hall–Kier alpha value is -1.82. The minimum atomic E-state index is -0.0110. The minimum Gasteiger partial charge on any atom is -0.358 e. The van der Waals surface area contributed by atoms with E-state index in [2.05, 4.69) is 46.1 Å². The summed E-state index contributed by atoms with van der Waals surface area (Å²) in [4.78, 5) is 11.4. The zero-order valence-corrected chi connectivity index (χ0v) is 13.4. The van der Waals surface area contributed by atoms with E-state index in [-0.39, 0.29) is 5.91 Å². The third kappa shape index (κ3) is 3.85. The summed E-state index contributed by atoms with van der Waals surface area (Å²) < 4.78 is 2.09. The lowest BCUT2D eigenvalue weighted by atomic mass is 10.1. The Kier molecular flexibility index (Phi) is 5.38. The van der Waals surface area contributed by atoms with Crippen molar-refractivity contribution in [3.63, 3.8) is 0 Å². The van der Waals surface area contributed by atoms with Gasteiger partial charge in [0, 0.05) is 19.2 Å². The van der Waals surface area contributed by atoms with Crippen LogP contribution in [0.5, 0.6) is 0 Å². The molecule has 0 aliphatic rings. The van der Waals surface area contributed by atoms with Gasteiger partial charge in [-0.05, 0) is 19.4 Å². The first kappa shape index (κ1) is 15.6. The van der Waals surface area contributed by atoms with Gasteiger partial charge in [-0.2, -0.15) is 0 Å². The summed E-state index contributed by atoms with van der Waals surface area (Å²) in [5, 5.41) is 12.0. The third-order valence-electron chi connectivity index (χ3n) is 3.05. The Labute approximate surface area is 129 Å². The molecular weight excluding hydrogens is 284 g/mol. The summed E-state index contributed by atoms with van der Waals surface area (Å²) in [7, 11) is 1.64. The number of nitrogens with zero attached hydrogens (tertiary/aromatic N) is 3. The molecule has 0 saturated heterocycles. The first-order valence-electron chi connectivity index (χ1n) is 6.99. The lowest BCUT2D eigenvalue weighted by molar-refractivity contribution is -0.118. The second kappa shape index (κ2) is 7.26. The number of aryl methyl sites for hydroxylation is 1. The van der Waals surface area contributed by atoms with E-state index in [1.165, 1.54) is 17.3 Å². The molecule has 5 nitrogen and oxygen atoms in total. The van der Waals surface area contributed by atoms with E-state index >= 15 is 0 Å². The van der Waals surface area contributed by atoms with Gasteiger partial charge in [-0.25, -0.2) is 0 Å². The van der Waals surface area contributed by atoms with Gasteiger partial charge in [-0.15, -0.1) is 10.2 Å². The molecule has 21 heavy (non-hydrogen) atoms. The Morgan fingerprint density at radius 3 is 2.86 bits per heavy atom. The highest BCUT2D eigenvalue weighted by Crippen LogP contribution is 2.24. The quantitative estimate of drug-likeness (QED) is 0.833. The maximum Gasteiger partial charge on any atom is 0.230 e. The van der Waals surface area contributed by atoms with E-state index < -0.39 is 0 Å². The van der Waals surface area contributed by atoms with E-state index in [4.69, 9.17) is 0 Å². The van der Waals surface area contributed by atoms with Crippen LogP contribution in [0.15, 0.2) is 29.4 Å². The molecule has 0 aliphatic heterocycles. The number of thioether (sulfide) groups is 1. The largest absolute Gasteiger partial charge is 0.358 e. The minimum absolute atomic E-state index is 0.0110. The van der Waals surface area contributed by atoms with Gasteiger partial charge < -0.3 is 9.88 Å². The fourth-order valence-electron chi connectivity index (χ4n) is 2.02. The molecule has 1 heterocycles. The van der Waals surface area contributed by atoms with Crippen LogP contribution in [-0.2, 0) is 11.3 Å². The van der Waals surface area contributed by atoms with Crippen molar-refractivity contribution in [2.24, 2.45) is 0 Å². The summed E-state index contributed by atoms with van der Waals surface area (Å²) in [6.45, 7) is 5.02. The van der Waals surface area contributed by atoms with Crippen LogP contribution in [-0.4, -0.2) is 33.5 Å². The fraction of sp³-hybridized carbons (Fsp3) is 0.400. The van der Waals surface area contributed by atoms with Crippen molar-refractivity contribution in [3.05, 3.63) is 29.8 Å². The van der Waals surface area contributed by atoms with Gasteiger partial charge in [0.1, 0.15) is 0 Å². The molecule has 1 N–H and O–H groups in total. The highest BCUT2D eigenvalue weighted by Gasteiger charge is 2.14. The maximum atomic E-state index is 11.4. The number of benzene rings is 1. The Morgan fingerprint density at radius 1 is 1.38 bits per heavy atom. The van der Waals surface area contributed by atoms with E-state index in [1.54, 1.807) is 7.05 Å². The molecule has 112 valence electrons. The molecule has 0 atom stereocenters. The van der Waals surface area contributed by atoms with Crippen LogP contribution in [0.2, 0.25) is 0 Å². The number of hydrogen-bond acceptors (Lipinski definition) is 4. The smallest absolute Gasteiger partial charge is 0.230 e. The van der Waals surface area contributed by atoms with Crippen LogP contribution in [0.1, 0.15) is 18.9 Å². The Morgan fingerprint density at radius 2 is 2.19 bits per heavy atom. The van der Waals surface area contributed by atoms with Crippen molar-refractivity contribution in [2.45, 2.75) is 32.0 Å². The van der Waals surface area contributed by atoms with Gasteiger partial charge in [0.15, 0.2) is 11.0 Å². The molecule has 0 bridgehead atoms. The van der Waals surface area contributed by atoms with E-state index in [1.807, 2.05) is 12.1 Å². The van der Waals surface area contributed by atoms with Crippen molar-refractivity contribution in [1.29, 1.82) is 0 Å². The van der Waals surface area contributed by atoms with Crippen LogP contribution in [0, 0.1) is 6.92 Å². The van der Waals surface area contributed by atoms with Gasteiger partial charge >= 0.3 is 0 Å². The number of carbonyl (C=O) groups excluding carboxylic acids is 1. The summed E-state index contributed by atoms with van der Waals surface area (Å²) in [5.74, 6) is 1.20. The van der Waals surface area contributed by atoms with Crippen LogP contribution in [0.25, 0.3) is 11.4 Å². The van der Waals surface area contributed by atoms with E-state index in [9.17, 15) is 4.79 Å². The van der Waals surface area contributed by atoms with Gasteiger partial charge in [-0.1, -0.05) is 42.4 Å². The second-order valence-corrected chi connectivity index (χ2v) is 5.73. The Bertz CT molecular complexity index is 624. The lowest BCUT2D eigenvalue weighted by Gasteiger charge is -2.09. The number of hydrogen-bond donors (Lipinski definition) is 1. The summed E-state index contributed by atoms with van der Waals surface area (Å²) in [6, 6.07) is 8.22. The average Bonchev–Trinajstić information content (AvgIpc) is 2.88. The topological polar surface area (TPSA) is 59.8 Å². The van der Waals surface area contributed by atoms with Gasteiger partial charge in [-0.3, -0.25) is 4.79 Å². The standard InChI is InChI=1S/C15H20N4OS/c1-4-8-19-14(12-7-5-6-11(2)9-12)17-18-15(19)21-10-13(20)16-3/h5-7,9H,4,8,10H2,1-3H3,(H,16,20). The molecular formula is C15H20N4OS. The van der Waals surface area contributed by atoms with Crippen molar-refractivity contribution >= 4 is 17.7 Å². The molecule has 0 aliphatic carbocycles. The molecule has 0 saturated carbocycles. The molecule has 1 aromatic carbocycles. The highest BCUT2D eigenvalue weighted by atomic mass is 32.2. The first-order valence-corrected chi connectivity index (χ1v) is 7.98. The molecule has 1 amide bonds. The number of amides is 1. The van der Waals surface area contributed by atoms with Crippen LogP contribution >= 0.6 is 11.8 Å². The molecule has 1 aromatic heterocycles. The van der Waals surface area contributed by atoms with Crippen molar-refractivity contribution in [1.82, 2.24) is 20.1 Å². The molecule has 0 spiro atoms. The van der Waals surface area contributed by atoms with Crippen molar-refractivity contribution < 1.29 is 4.79 Å². The predicted octanol–water partition coefficient (Wildman–Crippen LogP) is 2.50. The van der Waals surface area contributed by atoms with Crippen molar-refractivity contribution in [3.8, 4) is 11.4 Å². The maximum absolute atomic E-state index is 11.4. The summed E-state index contributed by atoms with van der Waals surface area (Å²) in [5.41, 5.74) is 2.25. The third-order valence-corrected chi connectivity index (χ3v) is 4.02. The monoisotopic (exact) mass is 304 g/mol. The highest BCUT2D eigenvalue weighted by molar-refractivity contribution is 7.99. The number of aromatic nitrogens is 3. The van der Waals surface area contributed by atoms with Gasteiger partial charge in [0.05, 0.1) is 5.75 Å². The van der Waals surface area contributed by atoms with Crippen LogP contribution in [0.3, 0.4) is 0 Å². The van der Waals surface area contributed by atoms with Crippen LogP contribution in [0.4, 0.5) is 0 Å². The Balaban J connectivity index is 2.30. The molecule has 6 heteroatoms. The second-order valence-electron chi connectivity index (χ2n) is 4.79. The molecule has 0 radical (unpaired) electrons. The molecule has 2 aromatic rings. The average molecular weight is 304 g/mol. The zero-order chi connectivity index (χ0) is 15.2. The lowest BCUT2D eigenvalue weighted by Crippen LogP contribution is -2.20. The SMILES string of the molecule is CCCn1c(SCC(=O)NC)nnc1-c1cccc(C)c1. The molecule has 2 rings (SSSR count). The normalized spacial score (nSPS) is 10.6. The van der Waals surface area contributed by atoms with E-state index in [0.29, 0.717) is 5.75 Å². The van der Waals surface area contributed by atoms with Crippen LogP contribution < -0.4 is 5.32 Å². The predicted molar refractivity (Wildman–Crippen MR) is 85.3 cm³/mol. The first-order chi connectivity index (χ1) is 10.2. The zero-order valence-electron chi connectivity index (χ0n) is 12.6. The summed E-state index contributed by atoms with van der Waals surface area (Å²) in [6.07, 6.45) is 0.990. The number of carbonyl (C=O) groups is 1.